The molecule has 1 saturated heterocycles. The lowest BCUT2D eigenvalue weighted by Gasteiger charge is -2.36. The number of imidazole rings is 1. The molecule has 2 fully saturated rings. The second-order valence-electron chi connectivity index (χ2n) is 6.04. The lowest BCUT2D eigenvalue weighted by Crippen LogP contribution is -2.39. The van der Waals surface area contributed by atoms with Crippen molar-refractivity contribution in [3.8, 4) is 0 Å². The van der Waals surface area contributed by atoms with Gasteiger partial charge in [-0.05, 0) is 44.7 Å². The van der Waals surface area contributed by atoms with Crippen LogP contribution in [-0.4, -0.2) is 22.6 Å². The Morgan fingerprint density at radius 3 is 2.82 bits per heavy atom. The first-order chi connectivity index (χ1) is 8.28. The normalized spacial score (nSPS) is 24.5. The van der Waals surface area contributed by atoms with Crippen LogP contribution in [0.3, 0.4) is 0 Å². The van der Waals surface area contributed by atoms with Crippen molar-refractivity contribution in [2.24, 2.45) is 5.92 Å². The van der Waals surface area contributed by atoms with E-state index in [0.29, 0.717) is 5.41 Å². The third-order valence-electron chi connectivity index (χ3n) is 4.72. The Hall–Kier alpha value is -0.830. The van der Waals surface area contributed by atoms with Gasteiger partial charge in [-0.2, -0.15) is 0 Å². The summed E-state index contributed by atoms with van der Waals surface area (Å²) in [7, 11) is 0. The van der Waals surface area contributed by atoms with Crippen LogP contribution in [0.25, 0.3) is 0 Å². The molecule has 0 spiro atoms. The Balaban J connectivity index is 1.78. The van der Waals surface area contributed by atoms with Gasteiger partial charge in [0.2, 0.25) is 0 Å². The van der Waals surface area contributed by atoms with Crippen molar-refractivity contribution in [2.45, 2.75) is 51.0 Å². The van der Waals surface area contributed by atoms with Gasteiger partial charge in [0, 0.05) is 23.9 Å². The molecule has 3 heteroatoms. The number of piperidine rings is 1. The predicted molar refractivity (Wildman–Crippen MR) is 69.0 cm³/mol. The number of nitrogens with zero attached hydrogens (tertiary/aromatic N) is 2. The Kier molecular flexibility index (Phi) is 2.95. The summed E-state index contributed by atoms with van der Waals surface area (Å²) in [5.74, 6) is 0.910. The van der Waals surface area contributed by atoms with E-state index in [1.54, 1.807) is 0 Å². The van der Waals surface area contributed by atoms with Crippen LogP contribution in [-0.2, 0) is 12.0 Å². The summed E-state index contributed by atoms with van der Waals surface area (Å²) in [4.78, 5) is 4.40. The number of aromatic nitrogens is 2. The molecule has 2 heterocycles. The molecule has 1 aromatic rings. The van der Waals surface area contributed by atoms with Gasteiger partial charge in [0.05, 0.1) is 6.33 Å². The van der Waals surface area contributed by atoms with Gasteiger partial charge in [-0.1, -0.05) is 13.3 Å². The van der Waals surface area contributed by atoms with Gasteiger partial charge in [-0.15, -0.1) is 0 Å². The fourth-order valence-corrected chi connectivity index (χ4v) is 3.16. The largest absolute Gasteiger partial charge is 0.334 e. The summed E-state index contributed by atoms with van der Waals surface area (Å²) in [5.41, 5.74) is 1.80. The average molecular weight is 233 g/mol. The average Bonchev–Trinajstić information content (AvgIpc) is 2.73. The molecule has 0 bridgehead atoms. The molecule has 3 nitrogen and oxygen atoms in total. The van der Waals surface area contributed by atoms with Crippen molar-refractivity contribution in [2.75, 3.05) is 13.1 Å². The minimum absolute atomic E-state index is 0.339. The molecule has 0 amide bonds. The van der Waals surface area contributed by atoms with Crippen LogP contribution in [0.1, 0.15) is 44.7 Å². The fraction of sp³-hybridized carbons (Fsp3) is 0.786. The summed E-state index contributed by atoms with van der Waals surface area (Å²) in [6, 6.07) is 0. The maximum atomic E-state index is 4.40. The maximum absolute atomic E-state index is 4.40. The molecule has 0 unspecified atom stereocenters. The molecule has 1 aliphatic heterocycles. The third kappa shape index (κ3) is 2.13. The quantitative estimate of drug-likeness (QED) is 0.868. The Bertz CT molecular complexity index is 373. The summed E-state index contributed by atoms with van der Waals surface area (Å²) in [6.07, 6.45) is 10.9. The van der Waals surface area contributed by atoms with Crippen molar-refractivity contribution in [1.82, 2.24) is 14.9 Å². The Morgan fingerprint density at radius 2 is 2.18 bits per heavy atom. The maximum Gasteiger partial charge on any atom is 0.0948 e. The molecule has 1 aromatic heterocycles. The third-order valence-corrected chi connectivity index (χ3v) is 4.72. The zero-order chi connectivity index (χ0) is 11.7. The highest BCUT2D eigenvalue weighted by molar-refractivity contribution is 5.15. The zero-order valence-corrected chi connectivity index (χ0v) is 10.8. The zero-order valence-electron chi connectivity index (χ0n) is 10.8. The van der Waals surface area contributed by atoms with Crippen LogP contribution in [0, 0.1) is 5.92 Å². The SMILES string of the molecule is CC1(c2cncn2CC2CCC2)CCNCC1. The van der Waals surface area contributed by atoms with Gasteiger partial charge in [0.15, 0.2) is 0 Å². The first-order valence-corrected chi connectivity index (χ1v) is 6.99. The lowest BCUT2D eigenvalue weighted by atomic mass is 9.78. The molecule has 1 aliphatic carbocycles. The highest BCUT2D eigenvalue weighted by Gasteiger charge is 2.32. The smallest absolute Gasteiger partial charge is 0.0948 e. The monoisotopic (exact) mass is 233 g/mol. The predicted octanol–water partition coefficient (Wildman–Crippen LogP) is 2.32. The van der Waals surface area contributed by atoms with E-state index in [9.17, 15) is 0 Å². The minimum atomic E-state index is 0.339. The second-order valence-corrected chi connectivity index (χ2v) is 6.04. The molecule has 0 atom stereocenters. The lowest BCUT2D eigenvalue weighted by molar-refractivity contribution is 0.257. The van der Waals surface area contributed by atoms with E-state index in [1.807, 2.05) is 6.33 Å². The summed E-state index contributed by atoms with van der Waals surface area (Å²) >= 11 is 0. The molecule has 0 aromatic carbocycles. The van der Waals surface area contributed by atoms with Crippen molar-refractivity contribution < 1.29 is 0 Å². The second kappa shape index (κ2) is 4.45. The van der Waals surface area contributed by atoms with Gasteiger partial charge in [0.1, 0.15) is 0 Å². The van der Waals surface area contributed by atoms with Crippen molar-refractivity contribution in [1.29, 1.82) is 0 Å². The van der Waals surface area contributed by atoms with Crippen LogP contribution in [0.15, 0.2) is 12.5 Å². The van der Waals surface area contributed by atoms with Crippen molar-refractivity contribution in [3.05, 3.63) is 18.2 Å². The molecule has 94 valence electrons. The molecule has 17 heavy (non-hydrogen) atoms. The summed E-state index contributed by atoms with van der Waals surface area (Å²) in [5, 5.41) is 3.45. The van der Waals surface area contributed by atoms with E-state index in [0.717, 1.165) is 19.0 Å². The van der Waals surface area contributed by atoms with Gasteiger partial charge < -0.3 is 9.88 Å². The van der Waals surface area contributed by atoms with Crippen molar-refractivity contribution >= 4 is 0 Å². The van der Waals surface area contributed by atoms with Crippen LogP contribution >= 0.6 is 0 Å². The fourth-order valence-electron chi connectivity index (χ4n) is 3.16. The van der Waals surface area contributed by atoms with Crippen LogP contribution < -0.4 is 5.32 Å². The van der Waals surface area contributed by atoms with Gasteiger partial charge >= 0.3 is 0 Å². The first kappa shape index (κ1) is 11.3. The molecular weight excluding hydrogens is 210 g/mol. The van der Waals surface area contributed by atoms with Gasteiger partial charge in [-0.25, -0.2) is 4.98 Å². The van der Waals surface area contributed by atoms with E-state index < -0.39 is 0 Å². The highest BCUT2D eigenvalue weighted by atomic mass is 15.1. The van der Waals surface area contributed by atoms with E-state index in [2.05, 4.69) is 28.0 Å². The van der Waals surface area contributed by atoms with Gasteiger partial charge in [0.25, 0.3) is 0 Å². The highest BCUT2D eigenvalue weighted by Crippen LogP contribution is 2.34. The number of hydrogen-bond acceptors (Lipinski definition) is 2. The molecular formula is C14H23N3. The summed E-state index contributed by atoms with van der Waals surface area (Å²) in [6.45, 7) is 5.89. The molecule has 3 rings (SSSR count). The topological polar surface area (TPSA) is 29.9 Å². The van der Waals surface area contributed by atoms with Crippen LogP contribution in [0.2, 0.25) is 0 Å². The Morgan fingerprint density at radius 1 is 1.41 bits per heavy atom. The number of rotatable bonds is 3. The van der Waals surface area contributed by atoms with Crippen LogP contribution in [0.4, 0.5) is 0 Å². The van der Waals surface area contributed by atoms with E-state index in [4.69, 9.17) is 0 Å². The first-order valence-electron chi connectivity index (χ1n) is 6.99. The van der Waals surface area contributed by atoms with E-state index >= 15 is 0 Å². The number of nitrogens with one attached hydrogen (secondary N) is 1. The molecule has 1 N–H and O–H groups in total. The summed E-state index contributed by atoms with van der Waals surface area (Å²) < 4.78 is 2.43. The van der Waals surface area contributed by atoms with E-state index in [1.165, 1.54) is 44.3 Å². The Labute approximate surface area is 104 Å². The molecule has 2 aliphatic rings. The standard InChI is InChI=1S/C14H23N3/c1-14(5-7-15-8-6-14)13-9-16-11-17(13)10-12-3-2-4-12/h9,11-12,15H,2-8,10H2,1H3. The number of hydrogen-bond donors (Lipinski definition) is 1. The van der Waals surface area contributed by atoms with Crippen molar-refractivity contribution in [3.63, 3.8) is 0 Å². The van der Waals surface area contributed by atoms with E-state index in [-0.39, 0.29) is 0 Å². The molecule has 0 radical (unpaired) electrons. The van der Waals surface area contributed by atoms with Crippen LogP contribution in [0.5, 0.6) is 0 Å². The van der Waals surface area contributed by atoms with Gasteiger partial charge in [-0.3, -0.25) is 0 Å². The minimum Gasteiger partial charge on any atom is -0.334 e. The molecule has 1 saturated carbocycles.